The van der Waals surface area contributed by atoms with Crippen LogP contribution in [0.5, 0.6) is 0 Å². The third-order valence-corrected chi connectivity index (χ3v) is 4.92. The highest BCUT2D eigenvalue weighted by Gasteiger charge is 2.29. The van der Waals surface area contributed by atoms with E-state index in [9.17, 15) is 9.59 Å². The predicted molar refractivity (Wildman–Crippen MR) is 97.6 cm³/mol. The van der Waals surface area contributed by atoms with Gasteiger partial charge >= 0.3 is 0 Å². The molecule has 3 rings (SSSR count). The Morgan fingerprint density at radius 3 is 2.58 bits per heavy atom. The van der Waals surface area contributed by atoms with Crippen LogP contribution in [0.2, 0.25) is 0 Å². The lowest BCUT2D eigenvalue weighted by Crippen LogP contribution is -2.32. The number of halogens is 1. The van der Waals surface area contributed by atoms with Crippen molar-refractivity contribution in [3.63, 3.8) is 0 Å². The second kappa shape index (κ2) is 7.79. The Bertz CT molecular complexity index is 724. The highest BCUT2D eigenvalue weighted by atomic mass is 79.9. The van der Waals surface area contributed by atoms with Crippen LogP contribution in [-0.4, -0.2) is 33.0 Å². The highest BCUT2D eigenvalue weighted by molar-refractivity contribution is 9.09. The fourth-order valence-corrected chi connectivity index (χ4v) is 3.47. The van der Waals surface area contributed by atoms with E-state index < -0.39 is 0 Å². The summed E-state index contributed by atoms with van der Waals surface area (Å²) in [7, 11) is 0. The number of Topliss-reactive ketones (excluding diaryl/α,β-unsaturated/α-hetero) is 1. The molecule has 126 valence electrons. The summed E-state index contributed by atoms with van der Waals surface area (Å²) >= 11 is 3.43. The predicted octanol–water partition coefficient (Wildman–Crippen LogP) is 3.89. The number of nitrogens with zero attached hydrogens (tertiary/aromatic N) is 2. The Labute approximate surface area is 150 Å². The van der Waals surface area contributed by atoms with E-state index in [4.69, 9.17) is 0 Å². The molecule has 0 spiro atoms. The number of fused-ring (bicyclic) bond motifs is 1. The van der Waals surface area contributed by atoms with E-state index in [2.05, 4.69) is 15.9 Å². The Morgan fingerprint density at radius 2 is 1.83 bits per heavy atom. The van der Waals surface area contributed by atoms with Gasteiger partial charge in [0.25, 0.3) is 5.91 Å². The summed E-state index contributed by atoms with van der Waals surface area (Å²) in [5.74, 6) is 0.0247. The first-order chi connectivity index (χ1) is 11.7. The Balaban J connectivity index is 1.86. The van der Waals surface area contributed by atoms with Gasteiger partial charge in [-0.25, -0.2) is 0 Å². The summed E-state index contributed by atoms with van der Waals surface area (Å²) < 4.78 is 1.95. The molecule has 0 bridgehead atoms. The number of hydrogen-bond acceptors (Lipinski definition) is 2. The number of aryl methyl sites for hydroxylation is 1. The zero-order chi connectivity index (χ0) is 16.9. The maximum atomic E-state index is 13.0. The maximum Gasteiger partial charge on any atom is 0.271 e. The van der Waals surface area contributed by atoms with E-state index in [0.717, 1.165) is 30.3 Å². The summed E-state index contributed by atoms with van der Waals surface area (Å²) in [6.07, 6.45) is 4.28. The SMILES string of the molecule is O=C1CCN(Cc2ccccc2)C(=O)c2c1ccn2CCCCBr. The lowest BCUT2D eigenvalue weighted by atomic mass is 10.1. The number of aromatic nitrogens is 1. The molecule has 4 nitrogen and oxygen atoms in total. The van der Waals surface area contributed by atoms with Gasteiger partial charge in [0.1, 0.15) is 5.69 Å². The third kappa shape index (κ3) is 3.61. The van der Waals surface area contributed by atoms with Gasteiger partial charge in [-0.15, -0.1) is 0 Å². The Hall–Kier alpha value is -1.88. The quantitative estimate of drug-likeness (QED) is 0.556. The zero-order valence-corrected chi connectivity index (χ0v) is 15.2. The molecular weight excluding hydrogens is 368 g/mol. The average Bonchev–Trinajstić information content (AvgIpc) is 2.98. The number of carbonyl (C=O) groups is 2. The van der Waals surface area contributed by atoms with E-state index in [-0.39, 0.29) is 11.7 Å². The fourth-order valence-electron chi connectivity index (χ4n) is 3.08. The van der Waals surface area contributed by atoms with Gasteiger partial charge in [0.05, 0.1) is 0 Å². The molecule has 1 aromatic heterocycles. The van der Waals surface area contributed by atoms with Gasteiger partial charge in [-0.05, 0) is 24.5 Å². The molecule has 0 atom stereocenters. The zero-order valence-electron chi connectivity index (χ0n) is 13.6. The minimum absolute atomic E-state index is 0.0384. The molecular formula is C19H21BrN2O2. The molecule has 0 unspecified atom stereocenters. The molecule has 0 saturated carbocycles. The summed E-state index contributed by atoms with van der Waals surface area (Å²) in [5, 5.41) is 0.948. The number of carbonyl (C=O) groups excluding carboxylic acids is 2. The number of rotatable bonds is 6. The van der Waals surface area contributed by atoms with Gasteiger partial charge in [0, 0.05) is 43.1 Å². The van der Waals surface area contributed by atoms with Crippen molar-refractivity contribution in [3.05, 3.63) is 59.4 Å². The molecule has 0 aliphatic carbocycles. The lowest BCUT2D eigenvalue weighted by molar-refractivity contribution is 0.0735. The molecule has 1 aliphatic heterocycles. The van der Waals surface area contributed by atoms with Crippen LogP contribution in [0.25, 0.3) is 0 Å². The van der Waals surface area contributed by atoms with E-state index in [1.54, 1.807) is 11.0 Å². The van der Waals surface area contributed by atoms with Gasteiger partial charge in [0.15, 0.2) is 5.78 Å². The first kappa shape index (κ1) is 17.0. The van der Waals surface area contributed by atoms with Crippen molar-refractivity contribution in [2.75, 3.05) is 11.9 Å². The van der Waals surface area contributed by atoms with Crippen molar-refractivity contribution in [2.45, 2.75) is 32.4 Å². The molecule has 0 fully saturated rings. The molecule has 1 aliphatic rings. The Kier molecular flexibility index (Phi) is 5.51. The first-order valence-corrected chi connectivity index (χ1v) is 9.44. The summed E-state index contributed by atoms with van der Waals surface area (Å²) in [6.45, 7) is 1.78. The monoisotopic (exact) mass is 388 g/mol. The van der Waals surface area contributed by atoms with Crippen LogP contribution in [0.4, 0.5) is 0 Å². The smallest absolute Gasteiger partial charge is 0.271 e. The largest absolute Gasteiger partial charge is 0.343 e. The number of hydrogen-bond donors (Lipinski definition) is 0. The fraction of sp³-hybridized carbons (Fsp3) is 0.368. The molecule has 0 saturated heterocycles. The number of alkyl halides is 1. The molecule has 1 aromatic carbocycles. The van der Waals surface area contributed by atoms with Crippen LogP contribution in [-0.2, 0) is 13.1 Å². The van der Waals surface area contributed by atoms with Gasteiger partial charge in [-0.3, -0.25) is 9.59 Å². The average molecular weight is 389 g/mol. The van der Waals surface area contributed by atoms with E-state index in [1.807, 2.05) is 41.1 Å². The molecule has 1 amide bonds. The minimum Gasteiger partial charge on any atom is -0.343 e. The van der Waals surface area contributed by atoms with Crippen molar-refractivity contribution in [1.29, 1.82) is 0 Å². The second-order valence-corrected chi connectivity index (χ2v) is 6.85. The summed E-state index contributed by atoms with van der Waals surface area (Å²) in [4.78, 5) is 27.2. The summed E-state index contributed by atoms with van der Waals surface area (Å²) in [5.41, 5.74) is 2.22. The summed E-state index contributed by atoms with van der Waals surface area (Å²) in [6, 6.07) is 11.7. The van der Waals surface area contributed by atoms with Crippen LogP contribution in [0.15, 0.2) is 42.6 Å². The highest BCUT2D eigenvalue weighted by Crippen LogP contribution is 2.22. The molecule has 5 heteroatoms. The van der Waals surface area contributed by atoms with Crippen LogP contribution >= 0.6 is 15.9 Å². The number of ketones is 1. The van der Waals surface area contributed by atoms with Crippen LogP contribution in [0, 0.1) is 0 Å². The van der Waals surface area contributed by atoms with E-state index in [1.165, 1.54) is 0 Å². The van der Waals surface area contributed by atoms with Gasteiger partial charge in [0.2, 0.25) is 0 Å². The topological polar surface area (TPSA) is 42.3 Å². The second-order valence-electron chi connectivity index (χ2n) is 6.05. The van der Waals surface area contributed by atoms with Crippen molar-refractivity contribution in [2.24, 2.45) is 0 Å². The standard InChI is InChI=1S/C19H21BrN2O2/c20-10-4-5-11-21-12-8-16-17(23)9-13-22(19(24)18(16)21)14-15-6-2-1-3-7-15/h1-3,6-8,12H,4-5,9-11,13-14H2. The van der Waals surface area contributed by atoms with Gasteiger partial charge < -0.3 is 9.47 Å². The number of unbranched alkanes of at least 4 members (excludes halogenated alkanes) is 1. The van der Waals surface area contributed by atoms with Crippen molar-refractivity contribution < 1.29 is 9.59 Å². The molecule has 24 heavy (non-hydrogen) atoms. The molecule has 0 radical (unpaired) electrons. The number of benzene rings is 1. The maximum absolute atomic E-state index is 13.0. The van der Waals surface area contributed by atoms with Crippen molar-refractivity contribution >= 4 is 27.6 Å². The van der Waals surface area contributed by atoms with E-state index >= 15 is 0 Å². The normalized spacial score (nSPS) is 14.6. The van der Waals surface area contributed by atoms with Gasteiger partial charge in [-0.2, -0.15) is 0 Å². The van der Waals surface area contributed by atoms with Crippen LogP contribution in [0.3, 0.4) is 0 Å². The Morgan fingerprint density at radius 1 is 1.04 bits per heavy atom. The lowest BCUT2D eigenvalue weighted by Gasteiger charge is -2.21. The van der Waals surface area contributed by atoms with Crippen LogP contribution < -0.4 is 0 Å². The first-order valence-electron chi connectivity index (χ1n) is 8.32. The van der Waals surface area contributed by atoms with E-state index in [0.29, 0.717) is 30.8 Å². The molecule has 0 N–H and O–H groups in total. The van der Waals surface area contributed by atoms with Crippen LogP contribution in [0.1, 0.15) is 45.7 Å². The van der Waals surface area contributed by atoms with Crippen molar-refractivity contribution in [3.8, 4) is 0 Å². The third-order valence-electron chi connectivity index (χ3n) is 4.36. The van der Waals surface area contributed by atoms with Crippen molar-refractivity contribution in [1.82, 2.24) is 9.47 Å². The molecule has 2 aromatic rings. The minimum atomic E-state index is -0.0384. The van der Waals surface area contributed by atoms with Gasteiger partial charge in [-0.1, -0.05) is 46.3 Å². The molecule has 2 heterocycles. The number of amides is 1.